The van der Waals surface area contributed by atoms with Crippen LogP contribution in [-0.2, 0) is 22.6 Å². The normalized spacial score (nSPS) is 16.5. The molecular formula is C29H32N2O3. The number of hydrogen-bond acceptors (Lipinski definition) is 3. The molecule has 34 heavy (non-hydrogen) atoms. The van der Waals surface area contributed by atoms with Crippen molar-refractivity contribution in [3.05, 3.63) is 77.9 Å². The largest absolute Gasteiger partial charge is 0.496 e. The number of aryl methyl sites for hydroxylation is 1. The van der Waals surface area contributed by atoms with Gasteiger partial charge >= 0.3 is 0 Å². The molecule has 176 valence electrons. The fourth-order valence-electron chi connectivity index (χ4n) is 4.54. The molecule has 0 saturated heterocycles. The van der Waals surface area contributed by atoms with Crippen LogP contribution >= 0.6 is 0 Å². The number of para-hydroxylation sites is 1. The number of nitrogens with one attached hydrogen (secondary N) is 1. The smallest absolute Gasteiger partial charge is 0.249 e. The van der Waals surface area contributed by atoms with E-state index in [1.54, 1.807) is 7.11 Å². The minimum absolute atomic E-state index is 0.0774. The van der Waals surface area contributed by atoms with Crippen LogP contribution in [0.5, 0.6) is 5.75 Å². The Kier molecular flexibility index (Phi) is 7.01. The Balaban J connectivity index is 1.78. The SMILES string of the molecule is C=Cc1ccc2c(CN3C(=O)[C@@H](NC(=O)[C@H](C)CC)CCc4ccccc43)c(OC)ccc2c1. The Bertz CT molecular complexity index is 1230. The molecule has 1 N–H and O–H groups in total. The van der Waals surface area contributed by atoms with Crippen molar-refractivity contribution in [1.29, 1.82) is 0 Å². The molecule has 1 aliphatic heterocycles. The Morgan fingerprint density at radius 1 is 1.24 bits per heavy atom. The van der Waals surface area contributed by atoms with Crippen molar-refractivity contribution in [2.24, 2.45) is 5.92 Å². The molecule has 3 aromatic rings. The summed E-state index contributed by atoms with van der Waals surface area (Å²) >= 11 is 0. The fourth-order valence-corrected chi connectivity index (χ4v) is 4.54. The zero-order valence-corrected chi connectivity index (χ0v) is 20.1. The molecule has 0 bridgehead atoms. The van der Waals surface area contributed by atoms with Gasteiger partial charge in [0, 0.05) is 17.2 Å². The molecule has 5 heteroatoms. The Labute approximate surface area is 201 Å². The van der Waals surface area contributed by atoms with Gasteiger partial charge in [-0.3, -0.25) is 9.59 Å². The average Bonchev–Trinajstić information content (AvgIpc) is 3.00. The number of hydrogen-bond donors (Lipinski definition) is 1. The molecule has 1 heterocycles. The van der Waals surface area contributed by atoms with Gasteiger partial charge in [-0.05, 0) is 59.4 Å². The molecule has 3 aromatic carbocycles. The monoisotopic (exact) mass is 456 g/mol. The summed E-state index contributed by atoms with van der Waals surface area (Å²) < 4.78 is 5.72. The maximum absolute atomic E-state index is 13.9. The molecule has 0 saturated carbocycles. The van der Waals surface area contributed by atoms with Crippen LogP contribution in [0.2, 0.25) is 0 Å². The third-order valence-electron chi connectivity index (χ3n) is 6.81. The van der Waals surface area contributed by atoms with Crippen molar-refractivity contribution in [2.75, 3.05) is 12.0 Å². The van der Waals surface area contributed by atoms with E-state index in [-0.39, 0.29) is 17.7 Å². The van der Waals surface area contributed by atoms with Gasteiger partial charge in [0.2, 0.25) is 11.8 Å². The van der Waals surface area contributed by atoms with E-state index >= 15 is 0 Å². The van der Waals surface area contributed by atoms with E-state index in [0.717, 1.165) is 51.7 Å². The van der Waals surface area contributed by atoms with Crippen molar-refractivity contribution in [3.8, 4) is 5.75 Å². The van der Waals surface area contributed by atoms with Crippen LogP contribution in [0.3, 0.4) is 0 Å². The zero-order chi connectivity index (χ0) is 24.2. The van der Waals surface area contributed by atoms with Crippen LogP contribution in [0.25, 0.3) is 16.8 Å². The molecule has 1 aliphatic rings. The average molecular weight is 457 g/mol. The molecule has 0 aromatic heterocycles. The molecule has 4 rings (SSSR count). The predicted octanol–water partition coefficient (Wildman–Crippen LogP) is 5.50. The van der Waals surface area contributed by atoms with Gasteiger partial charge in [-0.1, -0.05) is 62.9 Å². The first-order chi connectivity index (χ1) is 16.5. The van der Waals surface area contributed by atoms with Crippen molar-refractivity contribution in [3.63, 3.8) is 0 Å². The Morgan fingerprint density at radius 3 is 2.76 bits per heavy atom. The summed E-state index contributed by atoms with van der Waals surface area (Å²) in [4.78, 5) is 28.3. The number of anilines is 1. The lowest BCUT2D eigenvalue weighted by Gasteiger charge is -2.28. The molecule has 2 atom stereocenters. The van der Waals surface area contributed by atoms with Crippen LogP contribution in [0.4, 0.5) is 5.69 Å². The van der Waals surface area contributed by atoms with E-state index in [1.807, 2.05) is 61.2 Å². The topological polar surface area (TPSA) is 58.6 Å². The lowest BCUT2D eigenvalue weighted by molar-refractivity contribution is -0.129. The molecule has 0 radical (unpaired) electrons. The van der Waals surface area contributed by atoms with Gasteiger partial charge in [0.25, 0.3) is 0 Å². The van der Waals surface area contributed by atoms with Gasteiger partial charge in [0.1, 0.15) is 11.8 Å². The second-order valence-electron chi connectivity index (χ2n) is 8.89. The van der Waals surface area contributed by atoms with Gasteiger partial charge in [-0.15, -0.1) is 0 Å². The molecule has 0 aliphatic carbocycles. The number of benzene rings is 3. The van der Waals surface area contributed by atoms with Crippen molar-refractivity contribution >= 4 is 34.4 Å². The summed E-state index contributed by atoms with van der Waals surface area (Å²) in [6, 6.07) is 17.6. The molecule has 0 unspecified atom stereocenters. The summed E-state index contributed by atoms with van der Waals surface area (Å²) in [5.74, 6) is 0.424. The van der Waals surface area contributed by atoms with Crippen LogP contribution < -0.4 is 15.0 Å². The van der Waals surface area contributed by atoms with E-state index in [9.17, 15) is 9.59 Å². The summed E-state index contributed by atoms with van der Waals surface area (Å²) in [6.45, 7) is 8.09. The minimum atomic E-state index is -0.567. The second kappa shape index (κ2) is 10.1. The van der Waals surface area contributed by atoms with Crippen molar-refractivity contribution in [2.45, 2.75) is 45.7 Å². The van der Waals surface area contributed by atoms with Gasteiger partial charge < -0.3 is 15.0 Å². The predicted molar refractivity (Wildman–Crippen MR) is 138 cm³/mol. The maximum Gasteiger partial charge on any atom is 0.249 e. The lowest BCUT2D eigenvalue weighted by Crippen LogP contribution is -2.49. The first kappa shape index (κ1) is 23.6. The first-order valence-corrected chi connectivity index (χ1v) is 11.9. The zero-order valence-electron chi connectivity index (χ0n) is 20.1. The quantitative estimate of drug-likeness (QED) is 0.511. The number of methoxy groups -OCH3 is 1. The number of nitrogens with zero attached hydrogens (tertiary/aromatic N) is 1. The van der Waals surface area contributed by atoms with E-state index < -0.39 is 6.04 Å². The summed E-state index contributed by atoms with van der Waals surface area (Å²) in [6.07, 6.45) is 3.85. The van der Waals surface area contributed by atoms with E-state index in [2.05, 4.69) is 30.1 Å². The maximum atomic E-state index is 13.9. The summed E-state index contributed by atoms with van der Waals surface area (Å²) in [5, 5.41) is 5.11. The van der Waals surface area contributed by atoms with Crippen LogP contribution in [0.15, 0.2) is 61.2 Å². The Morgan fingerprint density at radius 2 is 2.03 bits per heavy atom. The molecule has 5 nitrogen and oxygen atoms in total. The number of carbonyl (C=O) groups excluding carboxylic acids is 2. The second-order valence-corrected chi connectivity index (χ2v) is 8.89. The highest BCUT2D eigenvalue weighted by molar-refractivity contribution is 6.01. The highest BCUT2D eigenvalue weighted by Gasteiger charge is 2.32. The molecule has 2 amide bonds. The van der Waals surface area contributed by atoms with Gasteiger partial charge in [0.05, 0.1) is 13.7 Å². The van der Waals surface area contributed by atoms with Crippen molar-refractivity contribution in [1.82, 2.24) is 5.32 Å². The molecular weight excluding hydrogens is 424 g/mol. The van der Waals surface area contributed by atoms with Crippen molar-refractivity contribution < 1.29 is 14.3 Å². The van der Waals surface area contributed by atoms with Gasteiger partial charge in [-0.25, -0.2) is 0 Å². The number of carbonyl (C=O) groups is 2. The van der Waals surface area contributed by atoms with Crippen LogP contribution in [-0.4, -0.2) is 25.0 Å². The van der Waals surface area contributed by atoms with Crippen LogP contribution in [0, 0.1) is 5.92 Å². The Hall–Kier alpha value is -3.60. The summed E-state index contributed by atoms with van der Waals surface area (Å²) in [5.41, 5.74) is 3.96. The highest BCUT2D eigenvalue weighted by Crippen LogP contribution is 2.34. The lowest BCUT2D eigenvalue weighted by atomic mass is 10.00. The number of ether oxygens (including phenoxy) is 1. The standard InChI is InChI=1S/C29H32N2O3/c1-5-19(3)28(32)30-25-15-12-21-9-7-8-10-26(21)31(29(25)33)18-24-23-14-11-20(6-2)17-22(23)13-16-27(24)34-4/h6-11,13-14,16-17,19,25H,2,5,12,15,18H2,1,3-4H3,(H,30,32)/t19-,25+/m1/s1. The number of amides is 2. The van der Waals surface area contributed by atoms with E-state index in [4.69, 9.17) is 4.74 Å². The summed E-state index contributed by atoms with van der Waals surface area (Å²) in [7, 11) is 1.65. The van der Waals surface area contributed by atoms with Gasteiger partial charge in [-0.2, -0.15) is 0 Å². The molecule has 0 spiro atoms. The number of fused-ring (bicyclic) bond motifs is 2. The van der Waals surface area contributed by atoms with E-state index in [1.165, 1.54) is 0 Å². The fraction of sp³-hybridized carbons (Fsp3) is 0.310. The highest BCUT2D eigenvalue weighted by atomic mass is 16.5. The first-order valence-electron chi connectivity index (χ1n) is 11.9. The number of rotatable bonds is 7. The van der Waals surface area contributed by atoms with Crippen LogP contribution in [0.1, 0.15) is 43.4 Å². The van der Waals surface area contributed by atoms with E-state index in [0.29, 0.717) is 13.0 Å². The minimum Gasteiger partial charge on any atom is -0.496 e. The van der Waals surface area contributed by atoms with Gasteiger partial charge in [0.15, 0.2) is 0 Å². The molecule has 0 fully saturated rings. The third kappa shape index (κ3) is 4.56. The third-order valence-corrected chi connectivity index (χ3v) is 6.81.